The van der Waals surface area contributed by atoms with E-state index in [-0.39, 0.29) is 0 Å². The molecule has 2 aromatic rings. The van der Waals surface area contributed by atoms with Gasteiger partial charge in [0, 0.05) is 19.0 Å². The number of hydrogen-bond acceptors (Lipinski definition) is 6. The van der Waals surface area contributed by atoms with E-state index in [1.54, 1.807) is 13.4 Å². The molecule has 0 spiro atoms. The number of nitrogens with zero attached hydrogens (tertiary/aromatic N) is 3. The molecule has 2 heterocycles. The van der Waals surface area contributed by atoms with Gasteiger partial charge in [-0.15, -0.1) is 0 Å². The summed E-state index contributed by atoms with van der Waals surface area (Å²) in [6.45, 7) is 2.10. The fourth-order valence-electron chi connectivity index (χ4n) is 2.80. The lowest BCUT2D eigenvalue weighted by Gasteiger charge is -2.24. The Bertz CT molecular complexity index is 629. The molecule has 3 rings (SSSR count). The first-order valence-electron chi connectivity index (χ1n) is 8.23. The molecule has 0 unspecified atom stereocenters. The average Bonchev–Trinajstić information content (AvgIpc) is 3.08. The van der Waals surface area contributed by atoms with Crippen LogP contribution in [0.3, 0.4) is 0 Å². The van der Waals surface area contributed by atoms with Crippen LogP contribution in [0.5, 0.6) is 5.75 Å². The highest BCUT2D eigenvalue weighted by Crippen LogP contribution is 2.13. The molecule has 24 heavy (non-hydrogen) atoms. The van der Waals surface area contributed by atoms with Gasteiger partial charge in [0.15, 0.2) is 0 Å². The Hall–Kier alpha value is -1.96. The third kappa shape index (κ3) is 4.53. The molecule has 1 aromatic carbocycles. The summed E-state index contributed by atoms with van der Waals surface area (Å²) in [6, 6.07) is 8.04. The van der Waals surface area contributed by atoms with Crippen LogP contribution >= 0.6 is 0 Å². The number of rotatable bonds is 8. The summed E-state index contributed by atoms with van der Waals surface area (Å²) in [6.07, 6.45) is 3.00. The molecule has 1 aromatic heterocycles. The van der Waals surface area contributed by atoms with Gasteiger partial charge in [-0.1, -0.05) is 12.1 Å². The number of aryl methyl sites for hydroxylation is 1. The van der Waals surface area contributed by atoms with Crippen LogP contribution in [0.15, 0.2) is 30.6 Å². The van der Waals surface area contributed by atoms with Crippen LogP contribution in [-0.2, 0) is 24.3 Å². The first-order chi connectivity index (χ1) is 11.7. The number of fused-ring (bicyclic) bond motifs is 1. The number of benzene rings is 1. The lowest BCUT2D eigenvalue weighted by atomic mass is 10.1. The van der Waals surface area contributed by atoms with E-state index in [0.717, 1.165) is 36.5 Å². The third-order valence-corrected chi connectivity index (χ3v) is 4.19. The fraction of sp³-hybridized carbons (Fsp3) is 0.529. The summed E-state index contributed by atoms with van der Waals surface area (Å²) < 4.78 is 12.6. The zero-order valence-corrected chi connectivity index (χ0v) is 13.9. The largest absolute Gasteiger partial charge is 0.497 e. The van der Waals surface area contributed by atoms with Crippen molar-refractivity contribution in [2.45, 2.75) is 38.1 Å². The van der Waals surface area contributed by atoms with Crippen molar-refractivity contribution < 1.29 is 14.6 Å². The van der Waals surface area contributed by atoms with Crippen molar-refractivity contribution in [1.29, 1.82) is 0 Å². The molecule has 2 N–H and O–H groups in total. The summed E-state index contributed by atoms with van der Waals surface area (Å²) in [5.41, 5.74) is 1.06. The maximum Gasteiger partial charge on any atom is 0.138 e. The van der Waals surface area contributed by atoms with Gasteiger partial charge < -0.3 is 19.9 Å². The van der Waals surface area contributed by atoms with Crippen LogP contribution in [-0.4, -0.2) is 52.3 Å². The molecule has 0 radical (unpaired) electrons. The van der Waals surface area contributed by atoms with Crippen molar-refractivity contribution in [3.63, 3.8) is 0 Å². The second-order valence-electron chi connectivity index (χ2n) is 6.02. The Morgan fingerprint density at radius 1 is 1.38 bits per heavy atom. The van der Waals surface area contributed by atoms with Crippen LogP contribution in [0.25, 0.3) is 0 Å². The zero-order chi connectivity index (χ0) is 16.8. The van der Waals surface area contributed by atoms with Gasteiger partial charge in [-0.3, -0.25) is 0 Å². The summed E-state index contributed by atoms with van der Waals surface area (Å²) in [5.74, 6) is 1.86. The van der Waals surface area contributed by atoms with Gasteiger partial charge in [0.25, 0.3) is 0 Å². The monoisotopic (exact) mass is 332 g/mol. The number of methoxy groups -OCH3 is 1. The number of aromatic nitrogens is 3. The highest BCUT2D eigenvalue weighted by Gasteiger charge is 2.20. The van der Waals surface area contributed by atoms with E-state index in [9.17, 15) is 5.11 Å². The van der Waals surface area contributed by atoms with E-state index in [4.69, 9.17) is 9.47 Å². The maximum atomic E-state index is 10.1. The van der Waals surface area contributed by atoms with Gasteiger partial charge in [0.1, 0.15) is 17.9 Å². The van der Waals surface area contributed by atoms with Crippen molar-refractivity contribution in [2.75, 3.05) is 20.3 Å². The predicted molar refractivity (Wildman–Crippen MR) is 88.8 cm³/mol. The molecule has 0 aliphatic carbocycles. The van der Waals surface area contributed by atoms with Crippen LogP contribution in [0.4, 0.5) is 0 Å². The Morgan fingerprint density at radius 2 is 2.21 bits per heavy atom. The highest BCUT2D eigenvalue weighted by atomic mass is 16.5. The van der Waals surface area contributed by atoms with E-state index < -0.39 is 6.10 Å². The summed E-state index contributed by atoms with van der Waals surface area (Å²) >= 11 is 0. The second kappa shape index (κ2) is 8.23. The zero-order valence-electron chi connectivity index (χ0n) is 13.9. The molecule has 7 heteroatoms. The van der Waals surface area contributed by atoms with E-state index in [1.165, 1.54) is 0 Å². The average molecular weight is 332 g/mol. The smallest absolute Gasteiger partial charge is 0.138 e. The fourth-order valence-corrected chi connectivity index (χ4v) is 2.80. The number of aliphatic hydroxyl groups excluding tert-OH is 1. The van der Waals surface area contributed by atoms with E-state index in [1.807, 2.05) is 28.9 Å². The van der Waals surface area contributed by atoms with Gasteiger partial charge in [-0.25, -0.2) is 9.67 Å². The minimum Gasteiger partial charge on any atom is -0.497 e. The van der Waals surface area contributed by atoms with Gasteiger partial charge >= 0.3 is 0 Å². The molecule has 1 aliphatic rings. The molecule has 0 saturated heterocycles. The first kappa shape index (κ1) is 16.9. The molecular weight excluding hydrogens is 308 g/mol. The van der Waals surface area contributed by atoms with Crippen molar-refractivity contribution >= 4 is 0 Å². The molecule has 0 saturated carbocycles. The van der Waals surface area contributed by atoms with Crippen LogP contribution < -0.4 is 10.1 Å². The highest BCUT2D eigenvalue weighted by molar-refractivity contribution is 5.26. The molecule has 0 fully saturated rings. The molecule has 0 bridgehead atoms. The Morgan fingerprint density at radius 3 is 3.00 bits per heavy atom. The van der Waals surface area contributed by atoms with E-state index in [2.05, 4.69) is 15.4 Å². The topological polar surface area (TPSA) is 81.4 Å². The lowest BCUT2D eigenvalue weighted by Crippen LogP contribution is -2.42. The number of aliphatic hydroxyl groups is 1. The van der Waals surface area contributed by atoms with Gasteiger partial charge in [-0.05, 0) is 24.1 Å². The van der Waals surface area contributed by atoms with Crippen molar-refractivity contribution in [2.24, 2.45) is 0 Å². The number of ether oxygens (including phenoxy) is 2. The molecule has 1 aliphatic heterocycles. The molecule has 2 atom stereocenters. The van der Waals surface area contributed by atoms with Crippen LogP contribution in [0.1, 0.15) is 17.8 Å². The maximum absolute atomic E-state index is 10.1. The standard InChI is InChI=1S/C17H24N4O3/c1-23-16-5-2-13(3-6-16)10-24-11-15(22)8-18-14-4-7-17-19-12-20-21(17)9-14/h2-3,5-6,12,14-15,18,22H,4,7-11H2,1H3/t14-,15+/m0/s1. The van der Waals surface area contributed by atoms with Crippen molar-refractivity contribution in [3.05, 3.63) is 42.0 Å². The Kier molecular flexibility index (Phi) is 5.79. The summed E-state index contributed by atoms with van der Waals surface area (Å²) in [4.78, 5) is 4.21. The molecule has 130 valence electrons. The quantitative estimate of drug-likeness (QED) is 0.743. The van der Waals surface area contributed by atoms with Crippen LogP contribution in [0, 0.1) is 0 Å². The SMILES string of the molecule is COc1ccc(COC[C@H](O)CN[C@H]2CCc3ncnn3C2)cc1. The minimum absolute atomic E-state index is 0.306. The number of hydrogen-bond donors (Lipinski definition) is 2. The van der Waals surface area contributed by atoms with Gasteiger partial charge in [0.05, 0.1) is 33.0 Å². The number of nitrogens with one attached hydrogen (secondary N) is 1. The Labute approximate surface area is 141 Å². The second-order valence-corrected chi connectivity index (χ2v) is 6.02. The predicted octanol–water partition coefficient (Wildman–Crippen LogP) is 0.769. The summed E-state index contributed by atoms with van der Waals surface area (Å²) in [5, 5.41) is 17.6. The normalized spacial score (nSPS) is 18.2. The van der Waals surface area contributed by atoms with Crippen molar-refractivity contribution in [1.82, 2.24) is 20.1 Å². The van der Waals surface area contributed by atoms with E-state index in [0.29, 0.717) is 25.8 Å². The molecule has 0 amide bonds. The Balaban J connectivity index is 1.33. The van der Waals surface area contributed by atoms with Crippen LogP contribution in [0.2, 0.25) is 0 Å². The first-order valence-corrected chi connectivity index (χ1v) is 8.23. The lowest BCUT2D eigenvalue weighted by molar-refractivity contribution is 0.0269. The molecule has 7 nitrogen and oxygen atoms in total. The minimum atomic E-state index is -0.527. The van der Waals surface area contributed by atoms with Crippen molar-refractivity contribution in [3.8, 4) is 5.75 Å². The van der Waals surface area contributed by atoms with Gasteiger partial charge in [0.2, 0.25) is 0 Å². The van der Waals surface area contributed by atoms with Gasteiger partial charge in [-0.2, -0.15) is 5.10 Å². The third-order valence-electron chi connectivity index (χ3n) is 4.19. The van der Waals surface area contributed by atoms with E-state index >= 15 is 0 Å². The molecular formula is C17H24N4O3. The summed E-state index contributed by atoms with van der Waals surface area (Å²) in [7, 11) is 1.64.